The van der Waals surface area contributed by atoms with Crippen LogP contribution in [-0.4, -0.2) is 0 Å². The molecule has 2 unspecified atom stereocenters. The highest BCUT2D eigenvalue weighted by Crippen LogP contribution is 2.26. The fraction of sp³-hybridized carbons (Fsp3) is 0.429. The zero-order valence-electron chi connectivity index (χ0n) is 9.03. The third kappa shape index (κ3) is 2.25. The van der Waals surface area contributed by atoms with Crippen LogP contribution in [0.15, 0.2) is 47.6 Å². The van der Waals surface area contributed by atoms with Crippen molar-refractivity contribution in [2.24, 2.45) is 11.8 Å². The van der Waals surface area contributed by atoms with Crippen molar-refractivity contribution >= 4 is 0 Å². The molecule has 2 aliphatic carbocycles. The average molecular weight is 186 g/mol. The van der Waals surface area contributed by atoms with Gasteiger partial charge >= 0.3 is 0 Å². The predicted molar refractivity (Wildman–Crippen MR) is 62.0 cm³/mol. The van der Waals surface area contributed by atoms with Crippen molar-refractivity contribution in [1.82, 2.24) is 0 Å². The molecular formula is C14H18. The molecule has 2 aliphatic rings. The van der Waals surface area contributed by atoms with E-state index in [0.29, 0.717) is 11.8 Å². The van der Waals surface area contributed by atoms with E-state index in [1.807, 2.05) is 0 Å². The third-order valence-corrected chi connectivity index (χ3v) is 3.00. The monoisotopic (exact) mass is 186 g/mol. The van der Waals surface area contributed by atoms with Crippen LogP contribution in [0.2, 0.25) is 0 Å². The molecule has 0 fully saturated rings. The van der Waals surface area contributed by atoms with E-state index < -0.39 is 0 Å². The first-order valence-electron chi connectivity index (χ1n) is 5.47. The van der Waals surface area contributed by atoms with Gasteiger partial charge < -0.3 is 0 Å². The van der Waals surface area contributed by atoms with Gasteiger partial charge in [-0.15, -0.1) is 0 Å². The van der Waals surface area contributed by atoms with Crippen molar-refractivity contribution in [2.75, 3.05) is 0 Å². The summed E-state index contributed by atoms with van der Waals surface area (Å²) in [6.07, 6.45) is 16.4. The van der Waals surface area contributed by atoms with E-state index in [4.69, 9.17) is 0 Å². The average Bonchev–Trinajstić information content (AvgIpc) is 2.72. The summed E-state index contributed by atoms with van der Waals surface area (Å²) in [5.74, 6) is 1.38. The van der Waals surface area contributed by atoms with E-state index >= 15 is 0 Å². The Hall–Kier alpha value is -1.04. The van der Waals surface area contributed by atoms with Crippen LogP contribution in [0, 0.1) is 11.8 Å². The molecular weight excluding hydrogens is 168 g/mol. The summed E-state index contributed by atoms with van der Waals surface area (Å²) >= 11 is 0. The molecule has 0 aromatic heterocycles. The van der Waals surface area contributed by atoms with Gasteiger partial charge in [-0.2, -0.15) is 0 Å². The number of hydrogen-bond donors (Lipinski definition) is 0. The maximum atomic E-state index is 2.37. The molecule has 0 amide bonds. The lowest BCUT2D eigenvalue weighted by atomic mass is 9.97. The Kier molecular flexibility index (Phi) is 2.72. The van der Waals surface area contributed by atoms with Crippen LogP contribution in [0.25, 0.3) is 0 Å². The first kappa shape index (κ1) is 9.51. The van der Waals surface area contributed by atoms with Crippen molar-refractivity contribution < 1.29 is 0 Å². The van der Waals surface area contributed by atoms with Crippen molar-refractivity contribution in [3.63, 3.8) is 0 Å². The topological polar surface area (TPSA) is 0 Å². The molecule has 0 aromatic rings. The van der Waals surface area contributed by atoms with E-state index in [0.717, 1.165) is 0 Å². The minimum Gasteiger partial charge on any atom is -0.0774 e. The predicted octanol–water partition coefficient (Wildman–Crippen LogP) is 4.03. The van der Waals surface area contributed by atoms with Gasteiger partial charge in [0.25, 0.3) is 0 Å². The molecule has 0 bridgehead atoms. The molecule has 14 heavy (non-hydrogen) atoms. The van der Waals surface area contributed by atoms with Crippen molar-refractivity contribution in [3.05, 3.63) is 47.6 Å². The van der Waals surface area contributed by atoms with Gasteiger partial charge in [-0.3, -0.25) is 0 Å². The molecule has 0 saturated carbocycles. The molecule has 0 nitrogen and oxygen atoms in total. The molecule has 2 atom stereocenters. The van der Waals surface area contributed by atoms with Gasteiger partial charge in [0.05, 0.1) is 0 Å². The maximum absolute atomic E-state index is 2.37. The van der Waals surface area contributed by atoms with Crippen LogP contribution >= 0.6 is 0 Å². The van der Waals surface area contributed by atoms with E-state index in [1.165, 1.54) is 24.0 Å². The number of hydrogen-bond acceptors (Lipinski definition) is 0. The summed E-state index contributed by atoms with van der Waals surface area (Å²) in [7, 11) is 0. The van der Waals surface area contributed by atoms with Gasteiger partial charge in [0.1, 0.15) is 0 Å². The second kappa shape index (κ2) is 4.00. The summed E-state index contributed by atoms with van der Waals surface area (Å²) in [4.78, 5) is 0. The standard InChI is InChI=1S/C14H18/c1-11-3-5-13(9-11)7-8-14-6-4-12(2)10-14/h3-6,9-10,13-14H,7-8H2,1-2H3. The molecule has 0 aromatic carbocycles. The Morgan fingerprint density at radius 1 is 0.857 bits per heavy atom. The van der Waals surface area contributed by atoms with Gasteiger partial charge in [-0.05, 0) is 38.5 Å². The molecule has 0 N–H and O–H groups in total. The second-order valence-corrected chi connectivity index (χ2v) is 4.44. The highest BCUT2D eigenvalue weighted by Gasteiger charge is 2.11. The number of rotatable bonds is 3. The molecule has 74 valence electrons. The summed E-state index contributed by atoms with van der Waals surface area (Å²) in [5, 5.41) is 0. The van der Waals surface area contributed by atoms with Crippen LogP contribution in [0.5, 0.6) is 0 Å². The lowest BCUT2D eigenvalue weighted by Crippen LogP contribution is -1.95. The third-order valence-electron chi connectivity index (χ3n) is 3.00. The fourth-order valence-corrected chi connectivity index (χ4v) is 2.19. The minimum atomic E-state index is 0.692. The molecule has 2 rings (SSSR count). The quantitative estimate of drug-likeness (QED) is 0.624. The van der Waals surface area contributed by atoms with Gasteiger partial charge in [-0.1, -0.05) is 47.6 Å². The van der Waals surface area contributed by atoms with Crippen LogP contribution in [0.3, 0.4) is 0 Å². The van der Waals surface area contributed by atoms with Crippen LogP contribution in [0.4, 0.5) is 0 Å². The molecule has 0 spiro atoms. The van der Waals surface area contributed by atoms with E-state index in [-0.39, 0.29) is 0 Å². The van der Waals surface area contributed by atoms with Crippen molar-refractivity contribution in [2.45, 2.75) is 26.7 Å². The van der Waals surface area contributed by atoms with E-state index in [2.05, 4.69) is 50.3 Å². The zero-order chi connectivity index (χ0) is 9.97. The van der Waals surface area contributed by atoms with Crippen LogP contribution in [-0.2, 0) is 0 Å². The van der Waals surface area contributed by atoms with Crippen LogP contribution in [0.1, 0.15) is 26.7 Å². The normalized spacial score (nSPS) is 29.6. The lowest BCUT2D eigenvalue weighted by Gasteiger charge is -2.07. The van der Waals surface area contributed by atoms with E-state index in [9.17, 15) is 0 Å². The van der Waals surface area contributed by atoms with Gasteiger partial charge in [0, 0.05) is 0 Å². The Labute approximate surface area is 86.7 Å². The SMILES string of the molecule is CC1=CC(CCC2C=CC(C)=C2)C=C1. The molecule has 0 heteroatoms. The first-order valence-corrected chi connectivity index (χ1v) is 5.47. The summed E-state index contributed by atoms with van der Waals surface area (Å²) in [6, 6.07) is 0. The van der Waals surface area contributed by atoms with Gasteiger partial charge in [0.2, 0.25) is 0 Å². The van der Waals surface area contributed by atoms with Gasteiger partial charge in [-0.25, -0.2) is 0 Å². The van der Waals surface area contributed by atoms with Gasteiger partial charge in [0.15, 0.2) is 0 Å². The Morgan fingerprint density at radius 3 is 1.57 bits per heavy atom. The molecule has 0 radical (unpaired) electrons. The Bertz CT molecular complexity index is 292. The Balaban J connectivity index is 1.79. The van der Waals surface area contributed by atoms with E-state index in [1.54, 1.807) is 0 Å². The van der Waals surface area contributed by atoms with Crippen LogP contribution < -0.4 is 0 Å². The van der Waals surface area contributed by atoms with Crippen molar-refractivity contribution in [3.8, 4) is 0 Å². The summed E-state index contributed by atoms with van der Waals surface area (Å²) in [5.41, 5.74) is 2.84. The second-order valence-electron chi connectivity index (χ2n) is 4.44. The molecule has 0 aliphatic heterocycles. The lowest BCUT2D eigenvalue weighted by molar-refractivity contribution is 0.603. The minimum absolute atomic E-state index is 0.692. The smallest absolute Gasteiger partial charge is 0.00442 e. The maximum Gasteiger partial charge on any atom is -0.00442 e. The fourth-order valence-electron chi connectivity index (χ4n) is 2.19. The Morgan fingerprint density at radius 2 is 1.29 bits per heavy atom. The highest BCUT2D eigenvalue weighted by molar-refractivity contribution is 5.28. The molecule has 0 saturated heterocycles. The first-order chi connectivity index (χ1) is 6.74. The molecule has 0 heterocycles. The summed E-state index contributed by atoms with van der Waals surface area (Å²) < 4.78 is 0. The summed E-state index contributed by atoms with van der Waals surface area (Å²) in [6.45, 7) is 4.35. The largest absolute Gasteiger partial charge is 0.0774 e. The highest BCUT2D eigenvalue weighted by atomic mass is 14.2. The zero-order valence-corrected chi connectivity index (χ0v) is 9.03. The van der Waals surface area contributed by atoms with Crippen molar-refractivity contribution in [1.29, 1.82) is 0 Å². The number of allylic oxidation sites excluding steroid dienone is 8.